The van der Waals surface area contributed by atoms with Crippen molar-refractivity contribution in [3.05, 3.63) is 83.1 Å². The molecule has 0 aromatic heterocycles. The molecule has 2 aromatic carbocycles. The summed E-state index contributed by atoms with van der Waals surface area (Å²) in [5, 5.41) is 5.33. The molecule has 2 heterocycles. The van der Waals surface area contributed by atoms with Gasteiger partial charge in [0.1, 0.15) is 12.6 Å². The maximum atomic E-state index is 12.8. The summed E-state index contributed by atoms with van der Waals surface area (Å²) in [6.07, 6.45) is 4.14. The smallest absolute Gasteiger partial charge is 0.251 e. The fourth-order valence-electron chi connectivity index (χ4n) is 3.48. The Bertz CT molecular complexity index is 885. The van der Waals surface area contributed by atoms with Crippen molar-refractivity contribution >= 4 is 23.4 Å². The summed E-state index contributed by atoms with van der Waals surface area (Å²) in [4.78, 5) is 26.6. The van der Waals surface area contributed by atoms with Gasteiger partial charge in [0.05, 0.1) is 6.04 Å². The standard InChI is InChI=1S/C21H21ClN4O2/c22-17-8-6-15(7-9-17)13-23-20(27)14-25-10-11-26-19(21(25)28)12-18(24-26)16-4-2-1-3-5-16/h1-11,18-19,24H,12-14H2,(H,23,27). The van der Waals surface area contributed by atoms with Crippen LogP contribution in [0.15, 0.2) is 67.0 Å². The first-order chi connectivity index (χ1) is 13.6. The van der Waals surface area contributed by atoms with Crippen molar-refractivity contribution in [3.8, 4) is 0 Å². The summed E-state index contributed by atoms with van der Waals surface area (Å²) in [5.41, 5.74) is 5.45. The predicted octanol–water partition coefficient (Wildman–Crippen LogP) is 2.59. The van der Waals surface area contributed by atoms with E-state index in [1.54, 1.807) is 18.3 Å². The zero-order valence-corrected chi connectivity index (χ0v) is 16.0. The van der Waals surface area contributed by atoms with Crippen LogP contribution in [0.1, 0.15) is 23.6 Å². The van der Waals surface area contributed by atoms with E-state index in [9.17, 15) is 9.59 Å². The highest BCUT2D eigenvalue weighted by molar-refractivity contribution is 6.30. The van der Waals surface area contributed by atoms with Crippen molar-refractivity contribution in [2.24, 2.45) is 0 Å². The van der Waals surface area contributed by atoms with Gasteiger partial charge in [0, 0.05) is 24.0 Å². The first-order valence-electron chi connectivity index (χ1n) is 9.19. The molecule has 0 spiro atoms. The Kier molecular flexibility index (Phi) is 5.32. The normalized spacial score (nSPS) is 21.0. The lowest BCUT2D eigenvalue weighted by molar-refractivity contribution is -0.138. The molecule has 28 heavy (non-hydrogen) atoms. The van der Waals surface area contributed by atoms with Gasteiger partial charge in [-0.05, 0) is 29.7 Å². The van der Waals surface area contributed by atoms with Crippen LogP contribution in [-0.2, 0) is 16.1 Å². The average molecular weight is 397 g/mol. The highest BCUT2D eigenvalue weighted by atomic mass is 35.5. The number of nitrogens with one attached hydrogen (secondary N) is 2. The van der Waals surface area contributed by atoms with E-state index < -0.39 is 0 Å². The summed E-state index contributed by atoms with van der Waals surface area (Å²) >= 11 is 5.86. The van der Waals surface area contributed by atoms with Gasteiger partial charge >= 0.3 is 0 Å². The predicted molar refractivity (Wildman–Crippen MR) is 107 cm³/mol. The van der Waals surface area contributed by atoms with Crippen LogP contribution in [0.5, 0.6) is 0 Å². The summed E-state index contributed by atoms with van der Waals surface area (Å²) in [5.74, 6) is -0.276. The van der Waals surface area contributed by atoms with Crippen LogP contribution >= 0.6 is 11.6 Å². The molecule has 144 valence electrons. The summed E-state index contributed by atoms with van der Waals surface area (Å²) in [7, 11) is 0. The average Bonchev–Trinajstić information content (AvgIpc) is 3.16. The highest BCUT2D eigenvalue weighted by Gasteiger charge is 2.40. The molecule has 2 amide bonds. The van der Waals surface area contributed by atoms with E-state index in [1.165, 1.54) is 4.90 Å². The minimum atomic E-state index is -0.306. The van der Waals surface area contributed by atoms with Crippen molar-refractivity contribution in [2.45, 2.75) is 25.0 Å². The number of benzene rings is 2. The van der Waals surface area contributed by atoms with Crippen molar-refractivity contribution < 1.29 is 9.59 Å². The van der Waals surface area contributed by atoms with Gasteiger partial charge in [0.15, 0.2) is 0 Å². The van der Waals surface area contributed by atoms with E-state index >= 15 is 0 Å². The third kappa shape index (κ3) is 4.03. The third-order valence-corrected chi connectivity index (χ3v) is 5.25. The first-order valence-corrected chi connectivity index (χ1v) is 9.57. The second-order valence-corrected chi connectivity index (χ2v) is 7.36. The second-order valence-electron chi connectivity index (χ2n) is 6.92. The van der Waals surface area contributed by atoms with E-state index in [-0.39, 0.29) is 30.4 Å². The number of hydrazine groups is 1. The van der Waals surface area contributed by atoms with Crippen LogP contribution in [0.3, 0.4) is 0 Å². The fourth-order valence-corrected chi connectivity index (χ4v) is 3.61. The molecule has 6 nitrogen and oxygen atoms in total. The number of carbonyl (C=O) groups is 2. The van der Waals surface area contributed by atoms with Crippen LogP contribution < -0.4 is 10.7 Å². The van der Waals surface area contributed by atoms with Crippen LogP contribution in [-0.4, -0.2) is 34.3 Å². The molecule has 1 saturated heterocycles. The molecular weight excluding hydrogens is 376 g/mol. The number of rotatable bonds is 5. The fraction of sp³-hybridized carbons (Fsp3) is 0.238. The number of hydrogen-bond donors (Lipinski definition) is 2. The molecule has 0 radical (unpaired) electrons. The maximum absolute atomic E-state index is 12.8. The molecule has 2 aliphatic heterocycles. The van der Waals surface area contributed by atoms with Gasteiger partial charge in [0.2, 0.25) is 5.91 Å². The van der Waals surface area contributed by atoms with E-state index in [1.807, 2.05) is 53.7 Å². The van der Waals surface area contributed by atoms with Crippen LogP contribution in [0.4, 0.5) is 0 Å². The van der Waals surface area contributed by atoms with Gasteiger partial charge in [0.25, 0.3) is 5.91 Å². The Hall–Kier alpha value is -2.83. The van der Waals surface area contributed by atoms with Gasteiger partial charge in [-0.15, -0.1) is 0 Å². The van der Waals surface area contributed by atoms with Gasteiger partial charge in [-0.3, -0.25) is 9.59 Å². The molecule has 2 N–H and O–H groups in total. The lowest BCUT2D eigenvalue weighted by Gasteiger charge is -2.31. The minimum absolute atomic E-state index is 0.00324. The Labute approximate surface area is 168 Å². The Morgan fingerprint density at radius 1 is 1.11 bits per heavy atom. The molecule has 4 rings (SSSR count). The highest BCUT2D eigenvalue weighted by Crippen LogP contribution is 2.30. The molecule has 0 saturated carbocycles. The molecule has 2 unspecified atom stereocenters. The van der Waals surface area contributed by atoms with Gasteiger partial charge in [-0.25, -0.2) is 5.43 Å². The maximum Gasteiger partial charge on any atom is 0.251 e. The number of carbonyl (C=O) groups excluding carboxylic acids is 2. The molecular formula is C21H21ClN4O2. The SMILES string of the molecule is O=C(CN1C=CN2NC(c3ccccc3)CC2C1=O)NCc1ccc(Cl)cc1. The van der Waals surface area contributed by atoms with Crippen molar-refractivity contribution in [2.75, 3.05) is 6.54 Å². The zero-order chi connectivity index (χ0) is 19.5. The number of fused-ring (bicyclic) bond motifs is 1. The first kappa shape index (κ1) is 18.5. The molecule has 2 atom stereocenters. The zero-order valence-electron chi connectivity index (χ0n) is 15.2. The van der Waals surface area contributed by atoms with Crippen molar-refractivity contribution in [1.82, 2.24) is 20.7 Å². The summed E-state index contributed by atoms with van der Waals surface area (Å²) in [6, 6.07) is 17.1. The molecule has 2 aliphatic rings. The Morgan fingerprint density at radius 2 is 1.86 bits per heavy atom. The third-order valence-electron chi connectivity index (χ3n) is 4.99. The van der Waals surface area contributed by atoms with Crippen molar-refractivity contribution in [3.63, 3.8) is 0 Å². The largest absolute Gasteiger partial charge is 0.350 e. The number of halogens is 1. The molecule has 7 heteroatoms. The molecule has 0 aliphatic carbocycles. The topological polar surface area (TPSA) is 64.7 Å². The molecule has 2 aromatic rings. The lowest BCUT2D eigenvalue weighted by atomic mass is 10.0. The monoisotopic (exact) mass is 396 g/mol. The summed E-state index contributed by atoms with van der Waals surface area (Å²) in [6.45, 7) is 0.401. The number of hydrogen-bond acceptors (Lipinski definition) is 4. The van der Waals surface area contributed by atoms with Gasteiger partial charge < -0.3 is 15.2 Å². The van der Waals surface area contributed by atoms with Crippen LogP contribution in [0.2, 0.25) is 5.02 Å². The van der Waals surface area contributed by atoms with E-state index in [2.05, 4.69) is 10.7 Å². The molecule has 1 fully saturated rings. The van der Waals surface area contributed by atoms with Crippen LogP contribution in [0, 0.1) is 0 Å². The van der Waals surface area contributed by atoms with E-state index in [0.717, 1.165) is 11.1 Å². The summed E-state index contributed by atoms with van der Waals surface area (Å²) < 4.78 is 0. The number of nitrogens with zero attached hydrogens (tertiary/aromatic N) is 2. The van der Waals surface area contributed by atoms with Gasteiger partial charge in [-0.1, -0.05) is 54.1 Å². The number of amides is 2. The van der Waals surface area contributed by atoms with Crippen LogP contribution in [0.25, 0.3) is 0 Å². The van der Waals surface area contributed by atoms with E-state index in [0.29, 0.717) is 18.0 Å². The quantitative estimate of drug-likeness (QED) is 0.815. The lowest BCUT2D eigenvalue weighted by Crippen LogP contribution is -2.50. The molecule has 0 bridgehead atoms. The Balaban J connectivity index is 1.33. The minimum Gasteiger partial charge on any atom is -0.350 e. The second kappa shape index (κ2) is 8.04. The van der Waals surface area contributed by atoms with E-state index in [4.69, 9.17) is 11.6 Å². The van der Waals surface area contributed by atoms with Crippen molar-refractivity contribution in [1.29, 1.82) is 0 Å². The Morgan fingerprint density at radius 3 is 2.61 bits per heavy atom. The van der Waals surface area contributed by atoms with Gasteiger partial charge in [-0.2, -0.15) is 0 Å².